The van der Waals surface area contributed by atoms with E-state index in [9.17, 15) is 13.6 Å². The molecule has 0 aliphatic heterocycles. The first-order chi connectivity index (χ1) is 11.9. The molecule has 0 radical (unpaired) electrons. The third kappa shape index (κ3) is 4.57. The van der Waals surface area contributed by atoms with E-state index in [1.165, 1.54) is 19.2 Å². The van der Waals surface area contributed by atoms with Gasteiger partial charge in [-0.05, 0) is 17.7 Å². The average Bonchev–Trinajstić information content (AvgIpc) is 2.58. The summed E-state index contributed by atoms with van der Waals surface area (Å²) >= 11 is 0. The summed E-state index contributed by atoms with van der Waals surface area (Å²) in [6.07, 6.45) is -2.66. The molecule has 1 amide bonds. The summed E-state index contributed by atoms with van der Waals surface area (Å²) in [5, 5.41) is 0.998. The second kappa shape index (κ2) is 8.29. The van der Waals surface area contributed by atoms with Crippen LogP contribution in [0.25, 0.3) is 0 Å². The van der Waals surface area contributed by atoms with Crippen LogP contribution in [0.15, 0.2) is 42.5 Å². The van der Waals surface area contributed by atoms with Crippen molar-refractivity contribution in [3.05, 3.63) is 53.6 Å². The van der Waals surface area contributed by atoms with Gasteiger partial charge in [0.25, 0.3) is 12.3 Å². The van der Waals surface area contributed by atoms with E-state index in [1.807, 2.05) is 30.3 Å². The van der Waals surface area contributed by atoms with Gasteiger partial charge in [-0.25, -0.2) is 13.8 Å². The van der Waals surface area contributed by atoms with Crippen molar-refractivity contribution in [2.45, 2.75) is 13.0 Å². The Balaban J connectivity index is 2.33. The summed E-state index contributed by atoms with van der Waals surface area (Å²) in [7, 11) is 1.32. The van der Waals surface area contributed by atoms with Crippen LogP contribution >= 0.6 is 0 Å². The van der Waals surface area contributed by atoms with E-state index in [2.05, 4.69) is 0 Å². The quantitative estimate of drug-likeness (QED) is 0.563. The lowest BCUT2D eigenvalue weighted by Crippen LogP contribution is -2.30. The molecule has 2 rings (SSSR count). The van der Waals surface area contributed by atoms with E-state index in [0.29, 0.717) is 0 Å². The van der Waals surface area contributed by atoms with Crippen molar-refractivity contribution in [2.24, 2.45) is 5.73 Å². The van der Waals surface area contributed by atoms with Crippen LogP contribution < -0.4 is 21.3 Å². The molecule has 0 bridgehead atoms. The van der Waals surface area contributed by atoms with Crippen molar-refractivity contribution in [3.63, 3.8) is 0 Å². The third-order valence-electron chi connectivity index (χ3n) is 3.45. The van der Waals surface area contributed by atoms with Crippen LogP contribution in [0.5, 0.6) is 5.75 Å². The highest BCUT2D eigenvalue weighted by atomic mass is 19.3. The molecule has 0 fully saturated rings. The Morgan fingerprint density at radius 2 is 1.88 bits per heavy atom. The molecule has 2 aromatic carbocycles. The van der Waals surface area contributed by atoms with Crippen LogP contribution in [0.2, 0.25) is 0 Å². The first-order valence-corrected chi connectivity index (χ1v) is 7.42. The number of nitrogens with two attached hydrogens (primary N) is 2. The highest BCUT2D eigenvalue weighted by Crippen LogP contribution is 2.37. The second-order valence-electron chi connectivity index (χ2n) is 5.15. The predicted molar refractivity (Wildman–Crippen MR) is 90.5 cm³/mol. The molecule has 25 heavy (non-hydrogen) atoms. The summed E-state index contributed by atoms with van der Waals surface area (Å²) < 4.78 is 31.1. The second-order valence-corrected chi connectivity index (χ2v) is 5.15. The van der Waals surface area contributed by atoms with Crippen molar-refractivity contribution in [2.75, 3.05) is 24.5 Å². The van der Waals surface area contributed by atoms with Crippen molar-refractivity contribution < 1.29 is 23.1 Å². The number of nitrogens with zero attached hydrogens (tertiary/aromatic N) is 1. The molecule has 8 heteroatoms. The lowest BCUT2D eigenvalue weighted by molar-refractivity contribution is 0.0517. The zero-order chi connectivity index (χ0) is 18.4. The number of benzene rings is 2. The van der Waals surface area contributed by atoms with E-state index in [1.54, 1.807) is 0 Å². The largest absolute Gasteiger partial charge is 0.492 e. The molecule has 134 valence electrons. The standard InChI is InChI=1S/C17H19F2N3O3/c1-24-16-13(8-7-12(15(16)20)17(21)23)22(9-14(18)19)25-10-11-5-3-2-4-6-11/h2-8,14H,9-10,20H2,1H3,(H2,21,23). The summed E-state index contributed by atoms with van der Waals surface area (Å²) in [4.78, 5) is 16.9. The molecule has 0 atom stereocenters. The predicted octanol–water partition coefficient (Wildman–Crippen LogP) is 2.58. The molecule has 0 unspecified atom stereocenters. The molecule has 6 nitrogen and oxygen atoms in total. The van der Waals surface area contributed by atoms with E-state index >= 15 is 0 Å². The molecule has 0 saturated heterocycles. The van der Waals surface area contributed by atoms with E-state index < -0.39 is 18.9 Å². The number of anilines is 2. The zero-order valence-electron chi connectivity index (χ0n) is 13.6. The Hall–Kier alpha value is -2.87. The van der Waals surface area contributed by atoms with Crippen molar-refractivity contribution in [1.82, 2.24) is 0 Å². The molecule has 0 aliphatic rings. The maximum Gasteiger partial charge on any atom is 0.258 e. The number of nitrogen functional groups attached to an aromatic ring is 1. The summed E-state index contributed by atoms with van der Waals surface area (Å²) in [5.41, 5.74) is 12.1. The number of hydroxylamine groups is 1. The van der Waals surface area contributed by atoms with Gasteiger partial charge in [0.1, 0.15) is 12.2 Å². The van der Waals surface area contributed by atoms with Crippen LogP contribution in [0.1, 0.15) is 15.9 Å². The lowest BCUT2D eigenvalue weighted by atomic mass is 10.1. The fraction of sp³-hybridized carbons (Fsp3) is 0.235. The van der Waals surface area contributed by atoms with Gasteiger partial charge in [-0.15, -0.1) is 0 Å². The van der Waals surface area contributed by atoms with E-state index in [0.717, 1.165) is 10.6 Å². The topological polar surface area (TPSA) is 90.8 Å². The fourth-order valence-corrected chi connectivity index (χ4v) is 2.29. The molecule has 0 saturated carbocycles. The van der Waals surface area contributed by atoms with Crippen molar-refractivity contribution >= 4 is 17.3 Å². The van der Waals surface area contributed by atoms with Gasteiger partial charge in [-0.1, -0.05) is 30.3 Å². The third-order valence-corrected chi connectivity index (χ3v) is 3.45. The normalized spacial score (nSPS) is 10.7. The zero-order valence-corrected chi connectivity index (χ0v) is 13.6. The van der Waals surface area contributed by atoms with Gasteiger partial charge >= 0.3 is 0 Å². The molecule has 0 aromatic heterocycles. The summed E-state index contributed by atoms with van der Waals surface area (Å²) in [6.45, 7) is -0.618. The van der Waals surface area contributed by atoms with Crippen molar-refractivity contribution in [1.29, 1.82) is 0 Å². The van der Waals surface area contributed by atoms with Crippen LogP contribution in [0.4, 0.5) is 20.2 Å². The number of ether oxygens (including phenoxy) is 1. The number of alkyl halides is 2. The van der Waals surface area contributed by atoms with Crippen LogP contribution in [-0.2, 0) is 11.4 Å². The minimum atomic E-state index is -2.66. The smallest absolute Gasteiger partial charge is 0.258 e. The van der Waals surface area contributed by atoms with Gasteiger partial charge in [0.05, 0.1) is 25.0 Å². The Kier molecular flexibility index (Phi) is 6.13. The number of primary amides is 1. The average molecular weight is 351 g/mol. The molecule has 0 spiro atoms. The number of hydrogen-bond acceptors (Lipinski definition) is 5. The number of carbonyl (C=O) groups is 1. The number of hydrogen-bond donors (Lipinski definition) is 2. The van der Waals surface area contributed by atoms with E-state index in [4.69, 9.17) is 21.0 Å². The molecule has 2 aromatic rings. The first kappa shape index (κ1) is 18.5. The number of amides is 1. The number of halogens is 2. The van der Waals surface area contributed by atoms with Crippen LogP contribution in [-0.4, -0.2) is 26.0 Å². The number of carbonyl (C=O) groups excluding carboxylic acids is 1. The minimum Gasteiger partial charge on any atom is -0.492 e. The molecular weight excluding hydrogens is 332 g/mol. The molecule has 4 N–H and O–H groups in total. The van der Waals surface area contributed by atoms with E-state index in [-0.39, 0.29) is 29.3 Å². The molecule has 0 heterocycles. The monoisotopic (exact) mass is 351 g/mol. The summed E-state index contributed by atoms with van der Waals surface area (Å²) in [6, 6.07) is 11.8. The van der Waals surface area contributed by atoms with Gasteiger partial charge < -0.3 is 16.2 Å². The Morgan fingerprint density at radius 1 is 1.20 bits per heavy atom. The minimum absolute atomic E-state index is 0.0323. The molecular formula is C17H19F2N3O3. The first-order valence-electron chi connectivity index (χ1n) is 7.42. The Labute approximate surface area is 143 Å². The maximum absolute atomic E-state index is 13.0. The Morgan fingerprint density at radius 3 is 2.44 bits per heavy atom. The Bertz CT molecular complexity index is 727. The van der Waals surface area contributed by atoms with Gasteiger partial charge in [0, 0.05) is 0 Å². The van der Waals surface area contributed by atoms with Gasteiger partial charge in [0.2, 0.25) is 0 Å². The maximum atomic E-state index is 13.0. The van der Waals surface area contributed by atoms with Crippen LogP contribution in [0.3, 0.4) is 0 Å². The number of rotatable bonds is 8. The van der Waals surface area contributed by atoms with Gasteiger partial charge in [-0.3, -0.25) is 9.63 Å². The van der Waals surface area contributed by atoms with Gasteiger partial charge in [-0.2, -0.15) is 0 Å². The number of methoxy groups -OCH3 is 1. The highest BCUT2D eigenvalue weighted by molar-refractivity contribution is 6.00. The van der Waals surface area contributed by atoms with Gasteiger partial charge in [0.15, 0.2) is 5.75 Å². The van der Waals surface area contributed by atoms with Crippen LogP contribution in [0, 0.1) is 0 Å². The van der Waals surface area contributed by atoms with Crippen molar-refractivity contribution in [3.8, 4) is 5.75 Å². The summed E-state index contributed by atoms with van der Waals surface area (Å²) in [5.74, 6) is -0.696. The lowest BCUT2D eigenvalue weighted by Gasteiger charge is -2.26. The SMILES string of the molecule is COc1c(N(CC(F)F)OCc2ccccc2)ccc(C(N)=O)c1N. The molecule has 0 aliphatic carbocycles. The highest BCUT2D eigenvalue weighted by Gasteiger charge is 2.22. The fourth-order valence-electron chi connectivity index (χ4n) is 2.29.